The van der Waals surface area contributed by atoms with Gasteiger partial charge in [0.25, 0.3) is 0 Å². The van der Waals surface area contributed by atoms with Gasteiger partial charge in [-0.3, -0.25) is 4.79 Å². The van der Waals surface area contributed by atoms with Crippen LogP contribution in [0.25, 0.3) is 11.0 Å². The van der Waals surface area contributed by atoms with Gasteiger partial charge in [-0.1, -0.05) is 0 Å². The van der Waals surface area contributed by atoms with Gasteiger partial charge < -0.3 is 9.67 Å². The van der Waals surface area contributed by atoms with E-state index in [-0.39, 0.29) is 12.2 Å². The van der Waals surface area contributed by atoms with Crippen LogP contribution < -0.4 is 0 Å². The molecule has 0 fully saturated rings. The van der Waals surface area contributed by atoms with Crippen LogP contribution in [0.5, 0.6) is 0 Å². The van der Waals surface area contributed by atoms with Crippen LogP contribution in [0.2, 0.25) is 0 Å². The molecule has 5 heteroatoms. The molecule has 0 aliphatic heterocycles. The lowest BCUT2D eigenvalue weighted by atomic mass is 10.3. The molecule has 0 radical (unpaired) electrons. The highest BCUT2D eigenvalue weighted by atomic mass is 19.1. The second-order valence-electron chi connectivity index (χ2n) is 3.61. The Hall–Kier alpha value is -1.91. The van der Waals surface area contributed by atoms with Crippen molar-refractivity contribution in [3.63, 3.8) is 0 Å². The first-order valence-electron chi connectivity index (χ1n) is 4.90. The number of carbonyl (C=O) groups is 1. The normalized spacial score (nSPS) is 10.9. The molecule has 4 nitrogen and oxygen atoms in total. The summed E-state index contributed by atoms with van der Waals surface area (Å²) in [5, 5.41) is 8.59. The number of carboxylic acid groups (broad SMARTS) is 1. The molecule has 2 rings (SSSR count). The van der Waals surface area contributed by atoms with Crippen molar-refractivity contribution in [2.75, 3.05) is 0 Å². The van der Waals surface area contributed by atoms with Gasteiger partial charge in [0, 0.05) is 19.5 Å². The Morgan fingerprint density at radius 1 is 1.56 bits per heavy atom. The molecule has 1 heterocycles. The molecule has 0 spiro atoms. The van der Waals surface area contributed by atoms with E-state index in [4.69, 9.17) is 5.11 Å². The number of rotatable bonds is 3. The molecule has 84 valence electrons. The first-order valence-corrected chi connectivity index (χ1v) is 4.90. The van der Waals surface area contributed by atoms with E-state index >= 15 is 0 Å². The zero-order chi connectivity index (χ0) is 11.7. The maximum Gasteiger partial charge on any atom is 0.303 e. The summed E-state index contributed by atoms with van der Waals surface area (Å²) in [7, 11) is 1.80. The molecule has 16 heavy (non-hydrogen) atoms. The summed E-state index contributed by atoms with van der Waals surface area (Å²) >= 11 is 0. The zero-order valence-corrected chi connectivity index (χ0v) is 8.77. The molecular weight excluding hydrogens is 211 g/mol. The van der Waals surface area contributed by atoms with E-state index < -0.39 is 5.97 Å². The van der Waals surface area contributed by atoms with Crippen molar-refractivity contribution in [2.45, 2.75) is 12.8 Å². The van der Waals surface area contributed by atoms with Crippen LogP contribution in [0.4, 0.5) is 4.39 Å². The Morgan fingerprint density at radius 2 is 2.31 bits per heavy atom. The number of hydrogen-bond donors (Lipinski definition) is 1. The van der Waals surface area contributed by atoms with E-state index in [2.05, 4.69) is 4.98 Å². The van der Waals surface area contributed by atoms with Crippen molar-refractivity contribution in [3.8, 4) is 0 Å². The molecule has 1 N–H and O–H groups in total. The number of fused-ring (bicyclic) bond motifs is 1. The molecule has 1 aromatic heterocycles. The maximum absolute atomic E-state index is 12.9. The zero-order valence-electron chi connectivity index (χ0n) is 8.77. The van der Waals surface area contributed by atoms with Gasteiger partial charge in [0.2, 0.25) is 0 Å². The van der Waals surface area contributed by atoms with Crippen molar-refractivity contribution in [3.05, 3.63) is 29.8 Å². The minimum atomic E-state index is -0.863. The van der Waals surface area contributed by atoms with Gasteiger partial charge >= 0.3 is 5.97 Å². The van der Waals surface area contributed by atoms with Crippen molar-refractivity contribution in [2.24, 2.45) is 7.05 Å². The number of halogens is 1. The smallest absolute Gasteiger partial charge is 0.303 e. The predicted molar refractivity (Wildman–Crippen MR) is 56.6 cm³/mol. The number of imidazole rings is 1. The standard InChI is InChI=1S/C11H11FN2O2/c1-14-9-3-2-7(12)6-8(9)13-10(14)4-5-11(15)16/h2-3,6H,4-5H2,1H3,(H,15,16). The van der Waals surface area contributed by atoms with Crippen LogP contribution in [-0.4, -0.2) is 20.6 Å². The number of benzene rings is 1. The molecular formula is C11H11FN2O2. The fourth-order valence-electron chi connectivity index (χ4n) is 1.67. The van der Waals surface area contributed by atoms with E-state index in [0.717, 1.165) is 5.52 Å². The van der Waals surface area contributed by atoms with Gasteiger partial charge in [0.05, 0.1) is 17.5 Å². The summed E-state index contributed by atoms with van der Waals surface area (Å²) in [4.78, 5) is 14.7. The highest BCUT2D eigenvalue weighted by Crippen LogP contribution is 2.16. The Kier molecular flexibility index (Phi) is 2.60. The van der Waals surface area contributed by atoms with Crippen LogP contribution in [0.15, 0.2) is 18.2 Å². The van der Waals surface area contributed by atoms with Crippen molar-refractivity contribution >= 4 is 17.0 Å². The molecule has 0 aliphatic carbocycles. The molecule has 0 saturated carbocycles. The van der Waals surface area contributed by atoms with Gasteiger partial charge in [0.15, 0.2) is 0 Å². The second-order valence-corrected chi connectivity index (χ2v) is 3.61. The Balaban J connectivity index is 2.39. The van der Waals surface area contributed by atoms with E-state index in [0.29, 0.717) is 17.8 Å². The largest absolute Gasteiger partial charge is 0.481 e. The lowest BCUT2D eigenvalue weighted by Crippen LogP contribution is -2.03. The molecule has 0 bridgehead atoms. The van der Waals surface area contributed by atoms with Gasteiger partial charge in [-0.2, -0.15) is 0 Å². The molecule has 0 aliphatic rings. The summed E-state index contributed by atoms with van der Waals surface area (Å²) in [6, 6.07) is 4.35. The van der Waals surface area contributed by atoms with E-state index in [9.17, 15) is 9.18 Å². The summed E-state index contributed by atoms with van der Waals surface area (Å²) in [6.07, 6.45) is 0.377. The van der Waals surface area contributed by atoms with Crippen molar-refractivity contribution in [1.29, 1.82) is 0 Å². The molecule has 0 saturated heterocycles. The highest BCUT2D eigenvalue weighted by molar-refractivity contribution is 5.76. The Bertz CT molecular complexity index is 548. The number of nitrogens with zero attached hydrogens (tertiary/aromatic N) is 2. The predicted octanol–water partition coefficient (Wildman–Crippen LogP) is 1.73. The van der Waals surface area contributed by atoms with Gasteiger partial charge in [0.1, 0.15) is 11.6 Å². The van der Waals surface area contributed by atoms with E-state index in [1.54, 1.807) is 17.7 Å². The van der Waals surface area contributed by atoms with Crippen LogP contribution in [0.1, 0.15) is 12.2 Å². The number of aryl methyl sites for hydroxylation is 2. The third-order valence-electron chi connectivity index (χ3n) is 2.50. The third-order valence-corrected chi connectivity index (χ3v) is 2.50. The van der Waals surface area contributed by atoms with Gasteiger partial charge in [-0.05, 0) is 12.1 Å². The number of hydrogen-bond acceptors (Lipinski definition) is 2. The first kappa shape index (κ1) is 10.6. The summed E-state index contributed by atoms with van der Waals surface area (Å²) < 4.78 is 14.7. The van der Waals surface area contributed by atoms with E-state index in [1.165, 1.54) is 12.1 Å². The molecule has 0 amide bonds. The number of aliphatic carboxylic acids is 1. The fourth-order valence-corrected chi connectivity index (χ4v) is 1.67. The summed E-state index contributed by atoms with van der Waals surface area (Å²) in [5.41, 5.74) is 1.37. The van der Waals surface area contributed by atoms with Gasteiger partial charge in [-0.25, -0.2) is 9.37 Å². The van der Waals surface area contributed by atoms with Crippen molar-refractivity contribution < 1.29 is 14.3 Å². The molecule has 0 atom stereocenters. The second kappa shape index (κ2) is 3.92. The van der Waals surface area contributed by atoms with Crippen LogP contribution >= 0.6 is 0 Å². The molecule has 1 aromatic carbocycles. The Labute approximate surface area is 91.3 Å². The molecule has 0 unspecified atom stereocenters. The first-order chi connectivity index (χ1) is 7.58. The maximum atomic E-state index is 12.9. The van der Waals surface area contributed by atoms with Crippen LogP contribution in [-0.2, 0) is 18.3 Å². The average molecular weight is 222 g/mol. The van der Waals surface area contributed by atoms with Crippen LogP contribution in [0, 0.1) is 5.82 Å². The third kappa shape index (κ3) is 1.88. The molecule has 2 aromatic rings. The van der Waals surface area contributed by atoms with Crippen molar-refractivity contribution in [1.82, 2.24) is 9.55 Å². The summed E-state index contributed by atoms with van der Waals surface area (Å²) in [6.45, 7) is 0. The van der Waals surface area contributed by atoms with E-state index in [1.807, 2.05) is 0 Å². The lowest BCUT2D eigenvalue weighted by molar-refractivity contribution is -0.137. The topological polar surface area (TPSA) is 55.1 Å². The highest BCUT2D eigenvalue weighted by Gasteiger charge is 2.09. The number of carboxylic acids is 1. The fraction of sp³-hybridized carbons (Fsp3) is 0.273. The van der Waals surface area contributed by atoms with Gasteiger partial charge in [-0.15, -0.1) is 0 Å². The van der Waals surface area contributed by atoms with Crippen LogP contribution in [0.3, 0.4) is 0 Å². The minimum Gasteiger partial charge on any atom is -0.481 e. The lowest BCUT2D eigenvalue weighted by Gasteiger charge is -1.99. The quantitative estimate of drug-likeness (QED) is 0.860. The number of aromatic nitrogens is 2. The SMILES string of the molecule is Cn1c(CCC(=O)O)nc2cc(F)ccc21. The monoisotopic (exact) mass is 222 g/mol. The average Bonchev–Trinajstić information content (AvgIpc) is 2.52. The Morgan fingerprint density at radius 3 is 3.00 bits per heavy atom. The minimum absolute atomic E-state index is 0.0274. The summed E-state index contributed by atoms with van der Waals surface area (Å²) in [5.74, 6) is -0.545.